The number of anilines is 2. The molecule has 34 heavy (non-hydrogen) atoms. The molecule has 3 aliphatic rings. The maximum Gasteiger partial charge on any atom is 0.417 e. The highest BCUT2D eigenvalue weighted by molar-refractivity contribution is 5.84. The van der Waals surface area contributed by atoms with Gasteiger partial charge in [0.25, 0.3) is 0 Å². The molecule has 186 valence electrons. The third kappa shape index (κ3) is 4.76. The number of ether oxygens (including phenoxy) is 1. The maximum absolute atomic E-state index is 14.3. The number of hydrogen-bond donors (Lipinski definition) is 1. The molecule has 2 aromatic rings. The molecule has 0 aromatic carbocycles. The minimum Gasteiger partial charge on any atom is -0.378 e. The van der Waals surface area contributed by atoms with Gasteiger partial charge in [-0.05, 0) is 31.7 Å². The molecular weight excluding hydrogens is 445 g/mol. The molecule has 0 radical (unpaired) electrons. The van der Waals surface area contributed by atoms with Crippen molar-refractivity contribution < 1.29 is 17.9 Å². The van der Waals surface area contributed by atoms with Gasteiger partial charge in [0.05, 0.1) is 24.2 Å². The molecule has 0 unspecified atom stereocenters. The third-order valence-electron chi connectivity index (χ3n) is 7.53. The van der Waals surface area contributed by atoms with Crippen LogP contribution < -0.4 is 15.6 Å². The Balaban J connectivity index is 1.72. The summed E-state index contributed by atoms with van der Waals surface area (Å²) in [5.41, 5.74) is -1.35. The fourth-order valence-electron chi connectivity index (χ4n) is 5.77. The lowest BCUT2D eigenvalue weighted by Gasteiger charge is -2.33. The molecule has 3 fully saturated rings. The highest BCUT2D eigenvalue weighted by Crippen LogP contribution is 2.39. The van der Waals surface area contributed by atoms with E-state index in [4.69, 9.17) is 9.72 Å². The van der Waals surface area contributed by atoms with Crippen LogP contribution in [-0.2, 0) is 10.9 Å². The van der Waals surface area contributed by atoms with Crippen LogP contribution in [0.25, 0.3) is 11.0 Å². The van der Waals surface area contributed by atoms with Gasteiger partial charge in [0.2, 0.25) is 0 Å². The van der Waals surface area contributed by atoms with Crippen molar-refractivity contribution in [1.29, 1.82) is 0 Å². The number of halogens is 3. The van der Waals surface area contributed by atoms with Gasteiger partial charge in [0.1, 0.15) is 17.3 Å². The summed E-state index contributed by atoms with van der Waals surface area (Å²) in [6, 6.07) is 2.69. The molecular formula is C25H33F3N4O2. The summed E-state index contributed by atoms with van der Waals surface area (Å²) in [6.07, 6.45) is 5.73. The van der Waals surface area contributed by atoms with Gasteiger partial charge in [-0.15, -0.1) is 0 Å². The summed E-state index contributed by atoms with van der Waals surface area (Å²) in [6.45, 7) is 1.84. The molecule has 2 saturated carbocycles. The van der Waals surface area contributed by atoms with E-state index in [-0.39, 0.29) is 28.9 Å². The summed E-state index contributed by atoms with van der Waals surface area (Å²) >= 11 is 0. The van der Waals surface area contributed by atoms with Crippen LogP contribution in [0.5, 0.6) is 0 Å². The third-order valence-corrected chi connectivity index (χ3v) is 7.53. The topological polar surface area (TPSA) is 59.4 Å². The average molecular weight is 479 g/mol. The van der Waals surface area contributed by atoms with Gasteiger partial charge in [-0.2, -0.15) is 13.2 Å². The fourth-order valence-corrected chi connectivity index (χ4v) is 5.77. The Morgan fingerprint density at radius 3 is 2.24 bits per heavy atom. The number of nitrogens with zero attached hydrogens (tertiary/aromatic N) is 3. The van der Waals surface area contributed by atoms with Crippen LogP contribution in [-0.4, -0.2) is 41.9 Å². The van der Waals surface area contributed by atoms with Gasteiger partial charge in [0.15, 0.2) is 5.43 Å². The molecule has 0 spiro atoms. The molecule has 1 aliphatic heterocycles. The molecule has 5 rings (SSSR count). The van der Waals surface area contributed by atoms with Crippen molar-refractivity contribution in [3.63, 3.8) is 0 Å². The van der Waals surface area contributed by atoms with Gasteiger partial charge < -0.3 is 19.5 Å². The normalized spacial score (nSPS) is 21.2. The van der Waals surface area contributed by atoms with Crippen LogP contribution >= 0.6 is 0 Å². The molecule has 2 aliphatic carbocycles. The number of alkyl halides is 3. The Labute approximate surface area is 197 Å². The Bertz CT molecular complexity index is 1070. The van der Waals surface area contributed by atoms with E-state index in [2.05, 4.69) is 5.32 Å². The van der Waals surface area contributed by atoms with Crippen LogP contribution in [0.15, 0.2) is 16.9 Å². The van der Waals surface area contributed by atoms with Crippen LogP contribution in [0.2, 0.25) is 0 Å². The van der Waals surface area contributed by atoms with Gasteiger partial charge in [-0.1, -0.05) is 38.5 Å². The minimum absolute atomic E-state index is 0.0245. The van der Waals surface area contributed by atoms with Crippen LogP contribution in [0.3, 0.4) is 0 Å². The lowest BCUT2D eigenvalue weighted by molar-refractivity contribution is -0.136. The standard InChI is InChI=1S/C25H33F3N4O2/c26-25(27,28)19-15-21(31-11-13-34-14-12-31)30-24-23(19)20(33)16-22(29-17-7-3-1-4-8-17)32(24)18-9-5-2-6-10-18/h15-18,29H,1-14H2. The largest absolute Gasteiger partial charge is 0.417 e. The molecule has 1 N–H and O–H groups in total. The highest BCUT2D eigenvalue weighted by atomic mass is 19.4. The lowest BCUT2D eigenvalue weighted by atomic mass is 9.94. The van der Waals surface area contributed by atoms with Crippen molar-refractivity contribution in [2.45, 2.75) is 82.5 Å². The summed E-state index contributed by atoms with van der Waals surface area (Å²) in [7, 11) is 0. The van der Waals surface area contributed by atoms with Gasteiger partial charge in [-0.25, -0.2) is 4.98 Å². The first-order valence-electron chi connectivity index (χ1n) is 12.7. The smallest absolute Gasteiger partial charge is 0.378 e. The Morgan fingerprint density at radius 1 is 0.941 bits per heavy atom. The quantitative estimate of drug-likeness (QED) is 0.629. The zero-order valence-corrected chi connectivity index (χ0v) is 19.5. The van der Waals surface area contributed by atoms with Crippen molar-refractivity contribution in [2.24, 2.45) is 0 Å². The van der Waals surface area contributed by atoms with Crippen molar-refractivity contribution >= 4 is 22.7 Å². The van der Waals surface area contributed by atoms with Gasteiger partial charge in [-0.3, -0.25) is 4.79 Å². The zero-order valence-electron chi connectivity index (χ0n) is 19.5. The fraction of sp³-hybridized carbons (Fsp3) is 0.680. The van der Waals surface area contributed by atoms with Crippen molar-refractivity contribution in [3.05, 3.63) is 27.9 Å². The van der Waals surface area contributed by atoms with Crippen molar-refractivity contribution in [2.75, 3.05) is 36.5 Å². The van der Waals surface area contributed by atoms with E-state index in [0.717, 1.165) is 63.9 Å². The summed E-state index contributed by atoms with van der Waals surface area (Å²) in [5, 5.41) is 3.23. The average Bonchev–Trinajstić information content (AvgIpc) is 2.84. The molecule has 2 aromatic heterocycles. The summed E-state index contributed by atoms with van der Waals surface area (Å²) < 4.78 is 50.1. The molecule has 9 heteroatoms. The van der Waals surface area contributed by atoms with Crippen LogP contribution in [0.4, 0.5) is 24.8 Å². The molecule has 0 amide bonds. The van der Waals surface area contributed by atoms with E-state index in [9.17, 15) is 18.0 Å². The maximum atomic E-state index is 14.3. The molecule has 0 atom stereocenters. The van der Waals surface area contributed by atoms with Crippen LogP contribution in [0, 0.1) is 0 Å². The van der Waals surface area contributed by atoms with E-state index in [1.165, 1.54) is 12.5 Å². The number of fused-ring (bicyclic) bond motifs is 1. The van der Waals surface area contributed by atoms with E-state index < -0.39 is 17.2 Å². The van der Waals surface area contributed by atoms with Crippen molar-refractivity contribution in [1.82, 2.24) is 9.55 Å². The lowest BCUT2D eigenvalue weighted by Crippen LogP contribution is -2.37. The second-order valence-electron chi connectivity index (χ2n) is 9.86. The van der Waals surface area contributed by atoms with E-state index in [1.807, 2.05) is 9.47 Å². The first-order valence-corrected chi connectivity index (χ1v) is 12.7. The predicted molar refractivity (Wildman–Crippen MR) is 127 cm³/mol. The van der Waals surface area contributed by atoms with Crippen LogP contribution in [0.1, 0.15) is 75.8 Å². The highest BCUT2D eigenvalue weighted by Gasteiger charge is 2.37. The second-order valence-corrected chi connectivity index (χ2v) is 9.86. The summed E-state index contributed by atoms with van der Waals surface area (Å²) in [5.74, 6) is 0.887. The molecule has 6 nitrogen and oxygen atoms in total. The number of nitrogens with one attached hydrogen (secondary N) is 1. The molecule has 1 saturated heterocycles. The first kappa shape index (κ1) is 23.5. The number of aromatic nitrogens is 2. The number of pyridine rings is 2. The van der Waals surface area contributed by atoms with E-state index >= 15 is 0 Å². The summed E-state index contributed by atoms with van der Waals surface area (Å²) in [4.78, 5) is 19.8. The number of morpholine rings is 1. The Morgan fingerprint density at radius 2 is 1.59 bits per heavy atom. The SMILES string of the molecule is O=c1cc(NC2CCCCC2)n(C2CCCCC2)c2nc(N3CCOCC3)cc(C(F)(F)F)c12. The predicted octanol–water partition coefficient (Wildman–Crippen LogP) is 5.50. The molecule has 3 heterocycles. The zero-order chi connectivity index (χ0) is 23.7. The van der Waals surface area contributed by atoms with Gasteiger partial charge >= 0.3 is 6.18 Å². The Hall–Kier alpha value is -2.29. The number of hydrogen-bond acceptors (Lipinski definition) is 5. The van der Waals surface area contributed by atoms with Crippen molar-refractivity contribution in [3.8, 4) is 0 Å². The van der Waals surface area contributed by atoms with E-state index in [0.29, 0.717) is 32.1 Å². The van der Waals surface area contributed by atoms with Gasteiger partial charge in [0, 0.05) is 31.2 Å². The number of rotatable bonds is 4. The van der Waals surface area contributed by atoms with E-state index in [1.54, 1.807) is 0 Å². The molecule has 0 bridgehead atoms. The monoisotopic (exact) mass is 478 g/mol. The second kappa shape index (κ2) is 9.76. The Kier molecular flexibility index (Phi) is 6.73. The first-order chi connectivity index (χ1) is 16.4. The minimum atomic E-state index is -4.65.